The van der Waals surface area contributed by atoms with Gasteiger partial charge in [-0.05, 0) is 36.4 Å². The van der Waals surface area contributed by atoms with Gasteiger partial charge in [-0.2, -0.15) is 0 Å². The molecule has 3 amide bonds. The molecule has 4 aromatic rings. The zero-order chi connectivity index (χ0) is 27.5. The second-order valence-electron chi connectivity index (χ2n) is 8.84. The molecule has 1 unspecified atom stereocenters. The van der Waals surface area contributed by atoms with Gasteiger partial charge in [-0.25, -0.2) is 4.98 Å². The molecule has 1 saturated heterocycles. The van der Waals surface area contributed by atoms with Gasteiger partial charge in [-0.15, -0.1) is 21.5 Å². The average Bonchev–Trinajstić information content (AvgIpc) is 3.61. The van der Waals surface area contributed by atoms with E-state index in [1.165, 1.54) is 17.4 Å². The number of aromatic nitrogens is 3. The third-order valence-corrected chi connectivity index (χ3v) is 6.60. The molecule has 0 bridgehead atoms. The van der Waals surface area contributed by atoms with Gasteiger partial charge >= 0.3 is 0 Å². The molecule has 0 aliphatic carbocycles. The summed E-state index contributed by atoms with van der Waals surface area (Å²) in [6.07, 6.45) is -0.156. The first-order valence-electron chi connectivity index (χ1n) is 11.9. The minimum Gasteiger partial charge on any atom is -0.480 e. The Hall–Kier alpha value is -4.78. The van der Waals surface area contributed by atoms with Crippen LogP contribution >= 0.6 is 11.3 Å². The van der Waals surface area contributed by atoms with Crippen molar-refractivity contribution in [2.24, 2.45) is 5.73 Å². The molecule has 200 valence electrons. The van der Waals surface area contributed by atoms with Gasteiger partial charge in [-0.3, -0.25) is 19.7 Å². The monoisotopic (exact) mass is 548 g/mol. The summed E-state index contributed by atoms with van der Waals surface area (Å²) in [5.74, 6) is 0.848. The topological polar surface area (TPSA) is 163 Å². The Morgan fingerprint density at radius 2 is 1.92 bits per heavy atom. The average molecular weight is 549 g/mol. The van der Waals surface area contributed by atoms with Crippen molar-refractivity contribution < 1.29 is 28.3 Å². The van der Waals surface area contributed by atoms with Crippen molar-refractivity contribution >= 4 is 34.2 Å². The number of rotatable bonds is 9. The van der Waals surface area contributed by atoms with Crippen LogP contribution in [0.25, 0.3) is 11.5 Å². The highest BCUT2D eigenvalue weighted by Gasteiger charge is 2.31. The van der Waals surface area contributed by atoms with E-state index in [0.29, 0.717) is 52.8 Å². The van der Waals surface area contributed by atoms with Crippen LogP contribution in [-0.4, -0.2) is 57.5 Å². The lowest BCUT2D eigenvalue weighted by Crippen LogP contribution is -2.29. The number of carbonyl (C=O) groups is 3. The van der Waals surface area contributed by atoms with Gasteiger partial charge in [0, 0.05) is 49.5 Å². The number of thiazole rings is 1. The maximum absolute atomic E-state index is 13.1. The van der Waals surface area contributed by atoms with Crippen molar-refractivity contribution in [1.29, 1.82) is 0 Å². The first-order valence-corrected chi connectivity index (χ1v) is 12.8. The third-order valence-electron chi connectivity index (χ3n) is 5.79. The lowest BCUT2D eigenvalue weighted by Gasteiger charge is -2.15. The molecule has 3 N–H and O–H groups in total. The number of primary amides is 1. The molecule has 1 aliphatic rings. The first kappa shape index (κ1) is 25.9. The smallest absolute Gasteiger partial charge is 0.263 e. The molecule has 0 spiro atoms. The highest BCUT2D eigenvalue weighted by molar-refractivity contribution is 7.14. The minimum atomic E-state index is -0.659. The van der Waals surface area contributed by atoms with E-state index in [9.17, 15) is 14.4 Å². The largest absolute Gasteiger partial charge is 0.480 e. The lowest BCUT2D eigenvalue weighted by atomic mass is 10.1. The maximum atomic E-state index is 13.1. The van der Waals surface area contributed by atoms with Crippen molar-refractivity contribution in [3.05, 3.63) is 65.0 Å². The summed E-state index contributed by atoms with van der Waals surface area (Å²) in [6, 6.07) is 11.7. The van der Waals surface area contributed by atoms with Gasteiger partial charge in [0.2, 0.25) is 17.7 Å². The number of nitrogens with two attached hydrogens (primary N) is 1. The Morgan fingerprint density at radius 3 is 2.59 bits per heavy atom. The Morgan fingerprint density at radius 1 is 1.15 bits per heavy atom. The van der Waals surface area contributed by atoms with Crippen LogP contribution in [0.1, 0.15) is 28.4 Å². The second kappa shape index (κ2) is 10.9. The molecule has 13 heteroatoms. The molecule has 2 aromatic heterocycles. The second-order valence-corrected chi connectivity index (χ2v) is 9.70. The van der Waals surface area contributed by atoms with E-state index in [1.807, 2.05) is 0 Å². The number of benzene rings is 2. The van der Waals surface area contributed by atoms with Gasteiger partial charge < -0.3 is 24.5 Å². The summed E-state index contributed by atoms with van der Waals surface area (Å²) < 4.78 is 17.4. The number of aryl methyl sites for hydroxylation is 1. The number of likely N-dealkylation sites (tertiary alicyclic amines) is 1. The summed E-state index contributed by atoms with van der Waals surface area (Å²) in [4.78, 5) is 42.5. The van der Waals surface area contributed by atoms with Crippen LogP contribution in [0.5, 0.6) is 17.2 Å². The van der Waals surface area contributed by atoms with Crippen LogP contribution in [0.2, 0.25) is 0 Å². The van der Waals surface area contributed by atoms with E-state index in [2.05, 4.69) is 20.5 Å². The fourth-order valence-electron chi connectivity index (χ4n) is 3.90. The predicted molar refractivity (Wildman–Crippen MR) is 141 cm³/mol. The Labute approximate surface area is 226 Å². The van der Waals surface area contributed by atoms with E-state index in [1.54, 1.807) is 60.6 Å². The number of hydrogen-bond acceptors (Lipinski definition) is 10. The molecule has 1 fully saturated rings. The van der Waals surface area contributed by atoms with E-state index in [-0.39, 0.29) is 17.9 Å². The number of likely N-dealkylation sites (N-methyl/N-ethyl adjacent to an activating group) is 1. The fourth-order valence-corrected chi connectivity index (χ4v) is 4.61. The van der Waals surface area contributed by atoms with Crippen LogP contribution in [0.3, 0.4) is 0 Å². The molecule has 2 aromatic carbocycles. The molecule has 5 rings (SSSR count). The number of ether oxygens (including phenoxy) is 2. The normalized spacial score (nSPS) is 14.9. The highest BCUT2D eigenvalue weighted by atomic mass is 32.1. The summed E-state index contributed by atoms with van der Waals surface area (Å²) in [6.45, 7) is 2.29. The van der Waals surface area contributed by atoms with E-state index >= 15 is 0 Å². The quantitative estimate of drug-likeness (QED) is 0.320. The van der Waals surface area contributed by atoms with Gasteiger partial charge in [0.15, 0.2) is 11.2 Å². The number of nitrogens with one attached hydrogen (secondary N) is 1. The first-order chi connectivity index (χ1) is 18.7. The third kappa shape index (κ3) is 6.21. The van der Waals surface area contributed by atoms with Crippen molar-refractivity contribution in [2.45, 2.75) is 25.9 Å². The number of carbonyl (C=O) groups excluding carboxylic acids is 3. The zero-order valence-electron chi connectivity index (χ0n) is 21.0. The summed E-state index contributed by atoms with van der Waals surface area (Å²) in [7, 11) is 1.71. The maximum Gasteiger partial charge on any atom is 0.263 e. The lowest BCUT2D eigenvalue weighted by molar-refractivity contribution is -0.132. The van der Waals surface area contributed by atoms with Crippen molar-refractivity contribution in [3.63, 3.8) is 0 Å². The number of nitrogens with zero attached hydrogens (tertiary/aromatic N) is 4. The number of hydrogen-bond donors (Lipinski definition) is 2. The van der Waals surface area contributed by atoms with Crippen LogP contribution in [0, 0.1) is 6.92 Å². The molecular weight excluding hydrogens is 524 g/mol. The molecule has 0 radical (unpaired) electrons. The molecule has 0 saturated carbocycles. The molecular formula is C26H24N6O6S. The Balaban J connectivity index is 1.38. The number of anilines is 1. The van der Waals surface area contributed by atoms with Gasteiger partial charge in [0.25, 0.3) is 11.8 Å². The van der Waals surface area contributed by atoms with Crippen molar-refractivity contribution in [2.75, 3.05) is 18.9 Å². The Bertz CT molecular complexity index is 1530. The zero-order valence-corrected chi connectivity index (χ0v) is 21.9. The van der Waals surface area contributed by atoms with Crippen LogP contribution in [0.15, 0.2) is 52.3 Å². The van der Waals surface area contributed by atoms with E-state index in [0.717, 1.165) is 5.56 Å². The summed E-state index contributed by atoms with van der Waals surface area (Å²) in [5, 5.41) is 12.5. The van der Waals surface area contributed by atoms with Gasteiger partial charge in [-0.1, -0.05) is 0 Å². The summed E-state index contributed by atoms with van der Waals surface area (Å²) in [5.41, 5.74) is 6.64. The molecule has 39 heavy (non-hydrogen) atoms. The standard InChI is InChI=1S/C26H24N6O6S/c1-14-30-31-24(36-14)15-3-5-18(6-4-15)37-19-9-16(10-20(12-19)38-21-7-8-32(2)25(21)35)23(34)29-26-28-17(13-39-26)11-22(27)33/h3-6,9-10,12-13,21H,7-8,11H2,1-2H3,(H2,27,33)(H,28,29,34). The van der Waals surface area contributed by atoms with E-state index < -0.39 is 17.9 Å². The van der Waals surface area contributed by atoms with Crippen LogP contribution in [-0.2, 0) is 16.0 Å². The highest BCUT2D eigenvalue weighted by Crippen LogP contribution is 2.31. The molecule has 3 heterocycles. The Kier molecular flexibility index (Phi) is 7.23. The molecule has 1 aliphatic heterocycles. The van der Waals surface area contributed by atoms with Crippen LogP contribution in [0.4, 0.5) is 5.13 Å². The van der Waals surface area contributed by atoms with Gasteiger partial charge in [0.05, 0.1) is 12.1 Å². The van der Waals surface area contributed by atoms with Crippen LogP contribution < -0.4 is 20.5 Å². The molecule has 1 atom stereocenters. The molecule has 12 nitrogen and oxygen atoms in total. The van der Waals surface area contributed by atoms with Crippen molar-refractivity contribution in [3.8, 4) is 28.7 Å². The van der Waals surface area contributed by atoms with Gasteiger partial charge in [0.1, 0.15) is 17.2 Å². The fraction of sp³-hybridized carbons (Fsp3) is 0.231. The van der Waals surface area contributed by atoms with E-state index in [4.69, 9.17) is 19.6 Å². The SMILES string of the molecule is Cc1nnc(-c2ccc(Oc3cc(OC4CCN(C)C4=O)cc(C(=O)Nc4nc(CC(N)=O)cs4)c3)cc2)o1. The number of amides is 3. The summed E-state index contributed by atoms with van der Waals surface area (Å²) >= 11 is 1.17. The van der Waals surface area contributed by atoms with Crippen molar-refractivity contribution in [1.82, 2.24) is 20.1 Å². The minimum absolute atomic E-state index is 0.0254. The predicted octanol–water partition coefficient (Wildman–Crippen LogP) is 3.18.